The van der Waals surface area contributed by atoms with E-state index in [4.69, 9.17) is 14.2 Å². The van der Waals surface area contributed by atoms with E-state index in [0.717, 1.165) is 0 Å². The molecule has 0 fully saturated rings. The first-order valence-electron chi connectivity index (χ1n) is 7.28. The minimum atomic E-state index is -0.957. The third kappa shape index (κ3) is 3.94. The fourth-order valence-electron chi connectivity index (χ4n) is 2.22. The van der Waals surface area contributed by atoms with Crippen molar-refractivity contribution in [1.29, 1.82) is 0 Å². The van der Waals surface area contributed by atoms with Crippen LogP contribution in [0.2, 0.25) is 0 Å². The number of rotatable bonds is 7. The molecule has 1 aromatic heterocycles. The van der Waals surface area contributed by atoms with Gasteiger partial charge in [0.1, 0.15) is 23.2 Å². The molecule has 0 spiro atoms. The van der Waals surface area contributed by atoms with Crippen molar-refractivity contribution in [3.63, 3.8) is 0 Å². The number of ether oxygens (including phenoxy) is 3. The Balaban J connectivity index is 2.10. The summed E-state index contributed by atoms with van der Waals surface area (Å²) in [5.74, 6) is 0.936. The number of nitrogens with one attached hydrogen (secondary N) is 1. The summed E-state index contributed by atoms with van der Waals surface area (Å²) in [6.07, 6.45) is 0.577. The van der Waals surface area contributed by atoms with E-state index in [1.807, 2.05) is 0 Å². The lowest BCUT2D eigenvalue weighted by atomic mass is 10.1. The second kappa shape index (κ2) is 8.16. The lowest BCUT2D eigenvalue weighted by Crippen LogP contribution is -2.29. The number of hydrogen-bond donors (Lipinski definition) is 2. The smallest absolute Gasteiger partial charge is 0.256 e. The Bertz CT molecular complexity index is 705. The first-order chi connectivity index (χ1) is 11.6. The van der Waals surface area contributed by atoms with Crippen LogP contribution >= 0.6 is 0 Å². The van der Waals surface area contributed by atoms with Crippen molar-refractivity contribution in [2.45, 2.75) is 6.10 Å². The monoisotopic (exact) mass is 332 g/mol. The number of pyridine rings is 1. The van der Waals surface area contributed by atoms with Crippen molar-refractivity contribution in [1.82, 2.24) is 10.3 Å². The fourth-order valence-corrected chi connectivity index (χ4v) is 2.22. The Labute approximate surface area is 140 Å². The summed E-state index contributed by atoms with van der Waals surface area (Å²) in [4.78, 5) is 16.2. The molecule has 7 heteroatoms. The maximum atomic E-state index is 12.2. The zero-order valence-corrected chi connectivity index (χ0v) is 13.8. The normalized spacial score (nSPS) is 11.5. The molecule has 0 unspecified atom stereocenters. The average Bonchev–Trinajstić information content (AvgIpc) is 2.65. The lowest BCUT2D eigenvalue weighted by Gasteiger charge is -2.17. The van der Waals surface area contributed by atoms with Gasteiger partial charge in [-0.2, -0.15) is 0 Å². The van der Waals surface area contributed by atoms with Crippen LogP contribution in [0.4, 0.5) is 0 Å². The molecule has 2 rings (SSSR count). The first-order valence-corrected chi connectivity index (χ1v) is 7.28. The molecule has 2 N–H and O–H groups in total. The van der Waals surface area contributed by atoms with Crippen LogP contribution < -0.4 is 19.5 Å². The van der Waals surface area contributed by atoms with Gasteiger partial charge in [0.15, 0.2) is 0 Å². The summed E-state index contributed by atoms with van der Waals surface area (Å²) in [5.41, 5.74) is 0.820. The molecule has 1 atom stereocenters. The predicted octanol–water partition coefficient (Wildman–Crippen LogP) is 1.57. The van der Waals surface area contributed by atoms with Gasteiger partial charge >= 0.3 is 0 Å². The van der Waals surface area contributed by atoms with Gasteiger partial charge in [0.2, 0.25) is 5.88 Å². The molecular weight excluding hydrogens is 312 g/mol. The maximum absolute atomic E-state index is 12.2. The molecule has 1 aromatic carbocycles. The van der Waals surface area contributed by atoms with Gasteiger partial charge in [-0.25, -0.2) is 4.98 Å². The third-order valence-electron chi connectivity index (χ3n) is 3.46. The Morgan fingerprint density at radius 1 is 1.21 bits per heavy atom. The molecule has 1 amide bonds. The van der Waals surface area contributed by atoms with E-state index in [-0.39, 0.29) is 18.3 Å². The Morgan fingerprint density at radius 3 is 2.67 bits per heavy atom. The first kappa shape index (κ1) is 17.6. The van der Waals surface area contributed by atoms with E-state index in [1.54, 1.807) is 30.3 Å². The number of amides is 1. The van der Waals surface area contributed by atoms with E-state index in [2.05, 4.69) is 10.3 Å². The summed E-state index contributed by atoms with van der Waals surface area (Å²) in [6.45, 7) is 0.000406. The second-order valence-electron chi connectivity index (χ2n) is 4.89. The number of carbonyl (C=O) groups is 1. The van der Waals surface area contributed by atoms with Crippen LogP contribution in [0.25, 0.3) is 0 Å². The lowest BCUT2D eigenvalue weighted by molar-refractivity contribution is 0.0911. The van der Waals surface area contributed by atoms with Crippen molar-refractivity contribution in [3.8, 4) is 17.4 Å². The largest absolute Gasteiger partial charge is 0.497 e. The number of aliphatic hydroxyl groups excluding tert-OH is 1. The van der Waals surface area contributed by atoms with Gasteiger partial charge in [0.25, 0.3) is 5.91 Å². The minimum absolute atomic E-state index is 0.000406. The van der Waals surface area contributed by atoms with Crippen LogP contribution in [-0.2, 0) is 0 Å². The number of hydrogen-bond acceptors (Lipinski definition) is 6. The van der Waals surface area contributed by atoms with Crippen LogP contribution in [0.5, 0.6) is 17.4 Å². The minimum Gasteiger partial charge on any atom is -0.497 e. The van der Waals surface area contributed by atoms with Gasteiger partial charge < -0.3 is 24.6 Å². The molecule has 0 aliphatic rings. The van der Waals surface area contributed by atoms with Gasteiger partial charge in [0, 0.05) is 18.3 Å². The van der Waals surface area contributed by atoms with Crippen molar-refractivity contribution in [3.05, 3.63) is 47.7 Å². The average molecular weight is 332 g/mol. The highest BCUT2D eigenvalue weighted by atomic mass is 16.5. The summed E-state index contributed by atoms with van der Waals surface area (Å²) >= 11 is 0. The van der Waals surface area contributed by atoms with E-state index in [1.165, 1.54) is 27.5 Å². The summed E-state index contributed by atoms with van der Waals surface area (Å²) in [5, 5.41) is 13.0. The van der Waals surface area contributed by atoms with E-state index in [9.17, 15) is 9.90 Å². The Hall–Kier alpha value is -2.80. The van der Waals surface area contributed by atoms with Crippen molar-refractivity contribution in [2.75, 3.05) is 27.9 Å². The molecule has 0 bridgehead atoms. The standard InChI is InChI=1S/C17H20N2O5/c1-22-11-6-7-15(23-2)13(9-11)14(20)10-19-16(21)12-5-4-8-18-17(12)24-3/h4-9,14,20H,10H2,1-3H3,(H,19,21)/t14-/m1/s1. The number of nitrogens with zero attached hydrogens (tertiary/aromatic N) is 1. The molecule has 0 aliphatic heterocycles. The molecule has 0 saturated carbocycles. The van der Waals surface area contributed by atoms with E-state index >= 15 is 0 Å². The van der Waals surface area contributed by atoms with Crippen molar-refractivity contribution >= 4 is 5.91 Å². The number of aromatic nitrogens is 1. The molecule has 0 saturated heterocycles. The van der Waals surface area contributed by atoms with Crippen LogP contribution in [0.15, 0.2) is 36.5 Å². The Morgan fingerprint density at radius 2 is 2.00 bits per heavy atom. The molecular formula is C17H20N2O5. The van der Waals surface area contributed by atoms with Gasteiger partial charge in [-0.3, -0.25) is 4.79 Å². The molecule has 128 valence electrons. The van der Waals surface area contributed by atoms with E-state index in [0.29, 0.717) is 22.6 Å². The molecule has 24 heavy (non-hydrogen) atoms. The molecule has 1 heterocycles. The van der Waals surface area contributed by atoms with Crippen molar-refractivity contribution < 1.29 is 24.1 Å². The molecule has 0 radical (unpaired) electrons. The quantitative estimate of drug-likeness (QED) is 0.800. The van der Waals surface area contributed by atoms with Gasteiger partial charge in [-0.05, 0) is 30.3 Å². The highest BCUT2D eigenvalue weighted by molar-refractivity contribution is 5.96. The number of carbonyl (C=O) groups excluding carboxylic acids is 1. The van der Waals surface area contributed by atoms with Crippen molar-refractivity contribution in [2.24, 2.45) is 0 Å². The van der Waals surface area contributed by atoms with Crippen LogP contribution in [0.3, 0.4) is 0 Å². The van der Waals surface area contributed by atoms with Crippen LogP contribution in [0.1, 0.15) is 22.0 Å². The summed E-state index contributed by atoms with van der Waals surface area (Å²) in [7, 11) is 4.49. The zero-order chi connectivity index (χ0) is 17.5. The van der Waals surface area contributed by atoms with Gasteiger partial charge in [-0.15, -0.1) is 0 Å². The van der Waals surface area contributed by atoms with Crippen LogP contribution in [0, 0.1) is 0 Å². The molecule has 2 aromatic rings. The number of benzene rings is 1. The highest BCUT2D eigenvalue weighted by Gasteiger charge is 2.18. The predicted molar refractivity (Wildman–Crippen MR) is 87.6 cm³/mol. The maximum Gasteiger partial charge on any atom is 0.256 e. The topological polar surface area (TPSA) is 89.9 Å². The SMILES string of the molecule is COc1ccc(OC)c([C@H](O)CNC(=O)c2cccnc2OC)c1. The molecule has 7 nitrogen and oxygen atoms in total. The summed E-state index contributed by atoms with van der Waals surface area (Å²) < 4.78 is 15.4. The highest BCUT2D eigenvalue weighted by Crippen LogP contribution is 2.29. The van der Waals surface area contributed by atoms with Gasteiger partial charge in [-0.1, -0.05) is 0 Å². The van der Waals surface area contributed by atoms with Gasteiger partial charge in [0.05, 0.1) is 21.3 Å². The molecule has 0 aliphatic carbocycles. The number of aliphatic hydroxyl groups is 1. The Kier molecular flexibility index (Phi) is 5.97. The zero-order valence-electron chi connectivity index (χ0n) is 13.8. The fraction of sp³-hybridized carbons (Fsp3) is 0.294. The number of methoxy groups -OCH3 is 3. The summed E-state index contributed by atoms with van der Waals surface area (Å²) in [6, 6.07) is 8.33. The third-order valence-corrected chi connectivity index (χ3v) is 3.46. The second-order valence-corrected chi connectivity index (χ2v) is 4.89. The van der Waals surface area contributed by atoms with Crippen LogP contribution in [-0.4, -0.2) is 43.9 Å². The van der Waals surface area contributed by atoms with E-state index < -0.39 is 6.10 Å².